The summed E-state index contributed by atoms with van der Waals surface area (Å²) in [5.74, 6) is -0.0889. The van der Waals surface area contributed by atoms with Crippen molar-refractivity contribution in [3.63, 3.8) is 0 Å². The number of aryl methyl sites for hydroxylation is 3. The summed E-state index contributed by atoms with van der Waals surface area (Å²) < 4.78 is 1.68. The van der Waals surface area contributed by atoms with Gasteiger partial charge < -0.3 is 5.32 Å². The van der Waals surface area contributed by atoms with Crippen LogP contribution in [0.5, 0.6) is 0 Å². The summed E-state index contributed by atoms with van der Waals surface area (Å²) in [5, 5.41) is 15.1. The van der Waals surface area contributed by atoms with Gasteiger partial charge in [0.05, 0.1) is 10.9 Å². The first-order valence-corrected chi connectivity index (χ1v) is 9.22. The van der Waals surface area contributed by atoms with E-state index in [1.54, 1.807) is 4.68 Å². The first-order valence-electron chi connectivity index (χ1n) is 8.34. The molecule has 0 unspecified atom stereocenters. The Bertz CT molecular complexity index is 920. The van der Waals surface area contributed by atoms with Gasteiger partial charge in [-0.15, -0.1) is 5.10 Å². The predicted octanol–water partition coefficient (Wildman–Crippen LogP) is 3.71. The van der Waals surface area contributed by atoms with Gasteiger partial charge in [-0.3, -0.25) is 4.79 Å². The number of carbonyl (C=O) groups is 1. The Kier molecular flexibility index (Phi) is 5.37. The van der Waals surface area contributed by atoms with Crippen LogP contribution in [-0.4, -0.2) is 31.4 Å². The Morgan fingerprint density at radius 3 is 2.46 bits per heavy atom. The molecule has 1 amide bonds. The van der Waals surface area contributed by atoms with Crippen LogP contribution in [0, 0.1) is 20.8 Å². The molecular weight excluding hydrogens is 346 g/mol. The zero-order valence-electron chi connectivity index (χ0n) is 15.2. The molecule has 3 rings (SSSR count). The monoisotopic (exact) mass is 367 g/mol. The number of nitrogens with one attached hydrogen (secondary N) is 1. The number of anilines is 1. The average Bonchev–Trinajstić information content (AvgIpc) is 3.04. The van der Waals surface area contributed by atoms with Crippen LogP contribution < -0.4 is 5.32 Å². The van der Waals surface area contributed by atoms with Crippen molar-refractivity contribution in [2.75, 3.05) is 5.32 Å². The van der Waals surface area contributed by atoms with Crippen molar-refractivity contribution in [2.24, 2.45) is 0 Å². The standard InChI is InChI=1S/C19H21N5OS/c1-12-5-8-16(9-6-12)20-18(25)15(4)26-19-21-22-23-24(19)17-10-7-13(2)11-14(17)3/h5-11,15H,1-4H3,(H,20,25)/t15-/m1/s1. The van der Waals surface area contributed by atoms with Gasteiger partial charge in [-0.25, -0.2) is 0 Å². The van der Waals surface area contributed by atoms with E-state index < -0.39 is 0 Å². The normalized spacial score (nSPS) is 12.0. The largest absolute Gasteiger partial charge is 0.325 e. The third-order valence-electron chi connectivity index (χ3n) is 3.99. The number of rotatable bonds is 5. The third-order valence-corrected chi connectivity index (χ3v) is 5.02. The van der Waals surface area contributed by atoms with Gasteiger partial charge >= 0.3 is 0 Å². The van der Waals surface area contributed by atoms with E-state index in [1.807, 2.05) is 64.1 Å². The van der Waals surface area contributed by atoms with E-state index >= 15 is 0 Å². The number of carbonyl (C=O) groups excluding carboxylic acids is 1. The molecule has 0 aliphatic rings. The van der Waals surface area contributed by atoms with Gasteiger partial charge in [0.2, 0.25) is 11.1 Å². The van der Waals surface area contributed by atoms with Crippen LogP contribution in [0.1, 0.15) is 23.6 Å². The number of nitrogens with zero attached hydrogens (tertiary/aromatic N) is 4. The molecule has 0 aliphatic carbocycles. The van der Waals surface area contributed by atoms with Gasteiger partial charge in [0.15, 0.2) is 0 Å². The maximum atomic E-state index is 12.5. The van der Waals surface area contributed by atoms with E-state index in [-0.39, 0.29) is 11.2 Å². The minimum atomic E-state index is -0.341. The van der Waals surface area contributed by atoms with Gasteiger partial charge in [-0.2, -0.15) is 4.68 Å². The summed E-state index contributed by atoms with van der Waals surface area (Å²) >= 11 is 1.33. The minimum Gasteiger partial charge on any atom is -0.325 e. The fraction of sp³-hybridized carbons (Fsp3) is 0.263. The van der Waals surface area contributed by atoms with Gasteiger partial charge in [-0.1, -0.05) is 47.2 Å². The van der Waals surface area contributed by atoms with Crippen molar-refractivity contribution in [1.82, 2.24) is 20.2 Å². The van der Waals surface area contributed by atoms with E-state index in [9.17, 15) is 4.79 Å². The molecule has 0 bridgehead atoms. The molecule has 0 aliphatic heterocycles. The average molecular weight is 367 g/mol. The topological polar surface area (TPSA) is 72.7 Å². The molecule has 1 N–H and O–H groups in total. The number of thioether (sulfide) groups is 1. The molecule has 0 radical (unpaired) electrons. The highest BCUT2D eigenvalue weighted by molar-refractivity contribution is 8.00. The predicted molar refractivity (Wildman–Crippen MR) is 104 cm³/mol. The fourth-order valence-electron chi connectivity index (χ4n) is 2.54. The Morgan fingerprint density at radius 2 is 1.77 bits per heavy atom. The van der Waals surface area contributed by atoms with E-state index in [0.29, 0.717) is 5.16 Å². The molecule has 2 aromatic carbocycles. The number of hydrogen-bond donors (Lipinski definition) is 1. The molecule has 0 fully saturated rings. The van der Waals surface area contributed by atoms with E-state index in [1.165, 1.54) is 17.3 Å². The van der Waals surface area contributed by atoms with Crippen LogP contribution in [-0.2, 0) is 4.79 Å². The maximum absolute atomic E-state index is 12.5. The highest BCUT2D eigenvalue weighted by Crippen LogP contribution is 2.25. The smallest absolute Gasteiger partial charge is 0.237 e. The van der Waals surface area contributed by atoms with Crippen LogP contribution in [0.4, 0.5) is 5.69 Å². The van der Waals surface area contributed by atoms with Gasteiger partial charge in [0.25, 0.3) is 0 Å². The Morgan fingerprint density at radius 1 is 1.08 bits per heavy atom. The number of benzene rings is 2. The summed E-state index contributed by atoms with van der Waals surface area (Å²) in [6.07, 6.45) is 0. The molecule has 1 aromatic heterocycles. The summed E-state index contributed by atoms with van der Waals surface area (Å²) in [6.45, 7) is 7.92. The molecule has 0 saturated heterocycles. The number of aromatic nitrogens is 4. The molecular formula is C19H21N5OS. The van der Waals surface area contributed by atoms with Gasteiger partial charge in [-0.05, 0) is 61.9 Å². The van der Waals surface area contributed by atoms with E-state index in [2.05, 4.69) is 26.9 Å². The lowest BCUT2D eigenvalue weighted by Crippen LogP contribution is -2.23. The van der Waals surface area contributed by atoms with Gasteiger partial charge in [0, 0.05) is 5.69 Å². The van der Waals surface area contributed by atoms with Crippen molar-refractivity contribution in [1.29, 1.82) is 0 Å². The molecule has 1 heterocycles. The fourth-order valence-corrected chi connectivity index (χ4v) is 3.34. The zero-order valence-corrected chi connectivity index (χ0v) is 16.0. The molecule has 7 heteroatoms. The molecule has 26 heavy (non-hydrogen) atoms. The third kappa shape index (κ3) is 4.11. The number of hydrogen-bond acceptors (Lipinski definition) is 5. The molecule has 0 spiro atoms. The summed E-state index contributed by atoms with van der Waals surface area (Å²) in [6, 6.07) is 13.8. The van der Waals surface area contributed by atoms with Crippen molar-refractivity contribution >= 4 is 23.4 Å². The lowest BCUT2D eigenvalue weighted by molar-refractivity contribution is -0.115. The van der Waals surface area contributed by atoms with Gasteiger partial charge in [0.1, 0.15) is 0 Å². The number of amides is 1. The van der Waals surface area contributed by atoms with Crippen LogP contribution in [0.15, 0.2) is 47.6 Å². The second kappa shape index (κ2) is 7.70. The summed E-state index contributed by atoms with van der Waals surface area (Å²) in [7, 11) is 0. The molecule has 6 nitrogen and oxygen atoms in total. The second-order valence-electron chi connectivity index (χ2n) is 6.28. The number of tetrazole rings is 1. The van der Waals surface area contributed by atoms with Crippen LogP contribution in [0.25, 0.3) is 5.69 Å². The van der Waals surface area contributed by atoms with Crippen molar-refractivity contribution in [3.05, 3.63) is 59.2 Å². The first-order chi connectivity index (χ1) is 12.4. The van der Waals surface area contributed by atoms with Crippen LogP contribution >= 0.6 is 11.8 Å². The lowest BCUT2D eigenvalue weighted by atomic mass is 10.1. The van der Waals surface area contributed by atoms with Crippen molar-refractivity contribution in [2.45, 2.75) is 38.1 Å². The van der Waals surface area contributed by atoms with Crippen molar-refractivity contribution in [3.8, 4) is 5.69 Å². The SMILES string of the molecule is Cc1ccc(NC(=O)[C@@H](C)Sc2nnnn2-c2ccc(C)cc2C)cc1. The Hall–Kier alpha value is -2.67. The minimum absolute atomic E-state index is 0.0889. The lowest BCUT2D eigenvalue weighted by Gasteiger charge is -2.13. The molecule has 134 valence electrons. The van der Waals surface area contributed by atoms with Crippen LogP contribution in [0.3, 0.4) is 0 Å². The Labute approximate surface area is 157 Å². The highest BCUT2D eigenvalue weighted by atomic mass is 32.2. The van der Waals surface area contributed by atoms with Crippen LogP contribution in [0.2, 0.25) is 0 Å². The van der Waals surface area contributed by atoms with Crippen molar-refractivity contribution < 1.29 is 4.79 Å². The second-order valence-corrected chi connectivity index (χ2v) is 7.59. The van der Waals surface area contributed by atoms with E-state index in [4.69, 9.17) is 0 Å². The molecule has 0 saturated carbocycles. The maximum Gasteiger partial charge on any atom is 0.237 e. The molecule has 1 atom stereocenters. The Balaban J connectivity index is 1.74. The molecule has 3 aromatic rings. The first kappa shape index (κ1) is 18.1. The zero-order chi connectivity index (χ0) is 18.7. The summed E-state index contributed by atoms with van der Waals surface area (Å²) in [4.78, 5) is 12.5. The highest BCUT2D eigenvalue weighted by Gasteiger charge is 2.20. The quantitative estimate of drug-likeness (QED) is 0.696. The summed E-state index contributed by atoms with van der Waals surface area (Å²) in [5.41, 5.74) is 5.10. The van der Waals surface area contributed by atoms with E-state index in [0.717, 1.165) is 22.5 Å².